The van der Waals surface area contributed by atoms with E-state index in [1.807, 2.05) is 30.3 Å². The van der Waals surface area contributed by atoms with E-state index in [9.17, 15) is 4.79 Å². The molecule has 1 fully saturated rings. The standard InChI is InChI=1S/C18H18ClN5O/c19-17-14(10-20)11-22-18(23-17)24-8-2-1-3-15(24)13-6-4-12(5-7-13)9-16(21)25/h4-7,11,15H,1-3,8-9H2,(H2,21,25). The first-order valence-electron chi connectivity index (χ1n) is 8.15. The summed E-state index contributed by atoms with van der Waals surface area (Å²) in [5.74, 6) is 0.197. The average molecular weight is 356 g/mol. The maximum absolute atomic E-state index is 11.0. The second kappa shape index (κ2) is 7.49. The van der Waals surface area contributed by atoms with E-state index in [1.165, 1.54) is 6.20 Å². The van der Waals surface area contributed by atoms with Crippen LogP contribution in [0, 0.1) is 11.3 Å². The van der Waals surface area contributed by atoms with Crippen LogP contribution in [-0.4, -0.2) is 22.4 Å². The van der Waals surface area contributed by atoms with Gasteiger partial charge in [-0.1, -0.05) is 35.9 Å². The third-order valence-electron chi connectivity index (χ3n) is 4.35. The Morgan fingerprint density at radius 2 is 2.12 bits per heavy atom. The molecule has 7 heteroatoms. The molecule has 3 rings (SSSR count). The first-order valence-corrected chi connectivity index (χ1v) is 8.52. The van der Waals surface area contributed by atoms with Gasteiger partial charge in [-0.25, -0.2) is 4.98 Å². The van der Waals surface area contributed by atoms with Crippen LogP contribution in [0.1, 0.15) is 42.0 Å². The highest BCUT2D eigenvalue weighted by Crippen LogP contribution is 2.34. The van der Waals surface area contributed by atoms with Gasteiger partial charge in [0.15, 0.2) is 5.15 Å². The van der Waals surface area contributed by atoms with Gasteiger partial charge in [-0.3, -0.25) is 4.79 Å². The summed E-state index contributed by atoms with van der Waals surface area (Å²) in [5.41, 5.74) is 7.55. The van der Waals surface area contributed by atoms with Crippen LogP contribution in [-0.2, 0) is 11.2 Å². The lowest BCUT2D eigenvalue weighted by molar-refractivity contribution is -0.117. The maximum atomic E-state index is 11.0. The van der Waals surface area contributed by atoms with E-state index in [1.54, 1.807) is 0 Å². The number of piperidine rings is 1. The van der Waals surface area contributed by atoms with Gasteiger partial charge in [0.1, 0.15) is 11.6 Å². The molecular formula is C18H18ClN5O. The van der Waals surface area contributed by atoms with Crippen LogP contribution in [0.15, 0.2) is 30.5 Å². The third kappa shape index (κ3) is 3.89. The Balaban J connectivity index is 1.87. The number of nitriles is 1. The van der Waals surface area contributed by atoms with Crippen LogP contribution in [0.2, 0.25) is 5.15 Å². The molecule has 1 amide bonds. The van der Waals surface area contributed by atoms with Crippen molar-refractivity contribution in [2.75, 3.05) is 11.4 Å². The molecule has 0 bridgehead atoms. The number of carbonyl (C=O) groups excluding carboxylic acids is 1. The molecule has 1 unspecified atom stereocenters. The highest BCUT2D eigenvalue weighted by Gasteiger charge is 2.26. The summed E-state index contributed by atoms with van der Waals surface area (Å²) in [6.07, 6.45) is 4.86. The number of nitrogens with two attached hydrogens (primary N) is 1. The first kappa shape index (κ1) is 17.2. The van der Waals surface area contributed by atoms with Crippen LogP contribution >= 0.6 is 11.6 Å². The minimum Gasteiger partial charge on any atom is -0.369 e. The van der Waals surface area contributed by atoms with Crippen molar-refractivity contribution in [2.24, 2.45) is 5.73 Å². The molecule has 1 saturated heterocycles. The Hall–Kier alpha value is -2.65. The number of rotatable bonds is 4. The van der Waals surface area contributed by atoms with Crippen LogP contribution in [0.3, 0.4) is 0 Å². The number of aromatic nitrogens is 2. The summed E-state index contributed by atoms with van der Waals surface area (Å²) >= 11 is 6.07. The van der Waals surface area contributed by atoms with Gasteiger partial charge in [0.25, 0.3) is 0 Å². The number of hydrogen-bond acceptors (Lipinski definition) is 5. The predicted molar refractivity (Wildman–Crippen MR) is 95.0 cm³/mol. The van der Waals surface area contributed by atoms with Crippen LogP contribution in [0.4, 0.5) is 5.95 Å². The van der Waals surface area contributed by atoms with Gasteiger partial charge < -0.3 is 10.6 Å². The second-order valence-corrected chi connectivity index (χ2v) is 6.43. The molecule has 2 aromatic rings. The lowest BCUT2D eigenvalue weighted by Gasteiger charge is -2.36. The minimum atomic E-state index is -0.340. The van der Waals surface area contributed by atoms with Gasteiger partial charge in [0, 0.05) is 6.54 Å². The Labute approximate surface area is 151 Å². The Bertz CT molecular complexity index is 815. The lowest BCUT2D eigenvalue weighted by atomic mass is 9.94. The van der Waals surface area contributed by atoms with Crippen molar-refractivity contribution in [2.45, 2.75) is 31.7 Å². The van der Waals surface area contributed by atoms with Crippen molar-refractivity contribution in [1.29, 1.82) is 5.26 Å². The Morgan fingerprint density at radius 3 is 2.76 bits per heavy atom. The molecule has 128 valence electrons. The van der Waals surface area contributed by atoms with Crippen molar-refractivity contribution >= 4 is 23.5 Å². The average Bonchev–Trinajstić information content (AvgIpc) is 2.62. The molecule has 0 radical (unpaired) electrons. The highest BCUT2D eigenvalue weighted by atomic mass is 35.5. The number of primary amides is 1. The number of carbonyl (C=O) groups is 1. The second-order valence-electron chi connectivity index (χ2n) is 6.08. The minimum absolute atomic E-state index is 0.139. The van der Waals surface area contributed by atoms with E-state index < -0.39 is 0 Å². The van der Waals surface area contributed by atoms with E-state index in [0.29, 0.717) is 5.95 Å². The molecule has 0 spiro atoms. The largest absolute Gasteiger partial charge is 0.369 e. The number of nitrogens with zero attached hydrogens (tertiary/aromatic N) is 4. The number of amides is 1. The molecule has 0 aliphatic carbocycles. The van der Waals surface area contributed by atoms with Crippen molar-refractivity contribution in [3.05, 3.63) is 52.3 Å². The first-order chi connectivity index (χ1) is 12.1. The summed E-state index contributed by atoms with van der Waals surface area (Å²) in [6, 6.07) is 10.0. The summed E-state index contributed by atoms with van der Waals surface area (Å²) in [4.78, 5) is 21.8. The number of halogens is 1. The molecule has 2 N–H and O–H groups in total. The van der Waals surface area contributed by atoms with E-state index in [-0.39, 0.29) is 29.1 Å². The molecule has 6 nitrogen and oxygen atoms in total. The molecular weight excluding hydrogens is 338 g/mol. The van der Waals surface area contributed by atoms with E-state index >= 15 is 0 Å². The molecule has 1 aromatic carbocycles. The Kier molecular flexibility index (Phi) is 5.15. The number of anilines is 1. The topological polar surface area (TPSA) is 95.9 Å². The van der Waals surface area contributed by atoms with Gasteiger partial charge in [-0.2, -0.15) is 10.2 Å². The molecule has 1 aliphatic rings. The van der Waals surface area contributed by atoms with Crippen LogP contribution in [0.25, 0.3) is 0 Å². The molecule has 2 heterocycles. The van der Waals surface area contributed by atoms with E-state index in [0.717, 1.165) is 36.9 Å². The van der Waals surface area contributed by atoms with Crippen molar-refractivity contribution in [3.8, 4) is 6.07 Å². The molecule has 0 saturated carbocycles. The van der Waals surface area contributed by atoms with Crippen LogP contribution < -0.4 is 10.6 Å². The quantitative estimate of drug-likeness (QED) is 0.850. The van der Waals surface area contributed by atoms with Crippen molar-refractivity contribution in [3.63, 3.8) is 0 Å². The monoisotopic (exact) mass is 355 g/mol. The SMILES string of the molecule is N#Cc1cnc(N2CCCCC2c2ccc(CC(N)=O)cc2)nc1Cl. The molecule has 1 aliphatic heterocycles. The zero-order valence-corrected chi connectivity index (χ0v) is 14.4. The Morgan fingerprint density at radius 1 is 1.36 bits per heavy atom. The predicted octanol–water partition coefficient (Wildman–Crippen LogP) is 2.76. The van der Waals surface area contributed by atoms with Gasteiger partial charge in [0.05, 0.1) is 18.7 Å². The van der Waals surface area contributed by atoms with Gasteiger partial charge in [-0.15, -0.1) is 0 Å². The fourth-order valence-corrected chi connectivity index (χ4v) is 3.31. The lowest BCUT2D eigenvalue weighted by Crippen LogP contribution is -2.34. The van der Waals surface area contributed by atoms with Crippen LogP contribution in [0.5, 0.6) is 0 Å². The summed E-state index contributed by atoms with van der Waals surface area (Å²) < 4.78 is 0. The van der Waals surface area contributed by atoms with Gasteiger partial charge in [-0.05, 0) is 30.4 Å². The zero-order valence-electron chi connectivity index (χ0n) is 13.7. The number of benzene rings is 1. The summed E-state index contributed by atoms with van der Waals surface area (Å²) in [6.45, 7) is 0.829. The third-order valence-corrected chi connectivity index (χ3v) is 4.64. The van der Waals surface area contributed by atoms with E-state index in [2.05, 4.69) is 14.9 Å². The van der Waals surface area contributed by atoms with Gasteiger partial charge in [0.2, 0.25) is 11.9 Å². The maximum Gasteiger partial charge on any atom is 0.227 e. The van der Waals surface area contributed by atoms with Gasteiger partial charge >= 0.3 is 0 Å². The molecule has 25 heavy (non-hydrogen) atoms. The molecule has 1 atom stereocenters. The number of hydrogen-bond donors (Lipinski definition) is 1. The molecule has 1 aromatic heterocycles. The highest BCUT2D eigenvalue weighted by molar-refractivity contribution is 6.30. The van der Waals surface area contributed by atoms with Crippen molar-refractivity contribution in [1.82, 2.24) is 9.97 Å². The smallest absolute Gasteiger partial charge is 0.227 e. The fourth-order valence-electron chi connectivity index (χ4n) is 3.14. The summed E-state index contributed by atoms with van der Waals surface area (Å²) in [5, 5.41) is 9.15. The normalized spacial score (nSPS) is 17.1. The zero-order chi connectivity index (χ0) is 17.8. The summed E-state index contributed by atoms with van der Waals surface area (Å²) in [7, 11) is 0. The van der Waals surface area contributed by atoms with E-state index in [4.69, 9.17) is 22.6 Å². The van der Waals surface area contributed by atoms with Crippen molar-refractivity contribution < 1.29 is 4.79 Å². The fraction of sp³-hybridized carbons (Fsp3) is 0.333.